The van der Waals surface area contributed by atoms with E-state index >= 15 is 0 Å². The highest BCUT2D eigenvalue weighted by atomic mass is 14.8. The molecule has 0 aromatic heterocycles. The Hall–Kier alpha value is -0.590. The Kier molecular flexibility index (Phi) is 4.06. The number of hydrogen-bond acceptors (Lipinski definition) is 1. The van der Waals surface area contributed by atoms with Gasteiger partial charge in [0, 0.05) is 5.71 Å². The molecular weight excluding hydrogens is 146 g/mol. The van der Waals surface area contributed by atoms with E-state index in [1.807, 2.05) is 6.92 Å². The van der Waals surface area contributed by atoms with Crippen molar-refractivity contribution in [1.29, 1.82) is 0 Å². The number of hydrogen-bond donors (Lipinski definition) is 0. The zero-order valence-corrected chi connectivity index (χ0v) is 8.21. The first-order valence-electron chi connectivity index (χ1n) is 5.00. The summed E-state index contributed by atoms with van der Waals surface area (Å²) in [4.78, 5) is 4.66. The average molecular weight is 165 g/mol. The van der Waals surface area contributed by atoms with Gasteiger partial charge in [-0.2, -0.15) is 0 Å². The minimum Gasteiger partial charge on any atom is -0.287 e. The zero-order valence-electron chi connectivity index (χ0n) is 8.21. The molecule has 1 heteroatoms. The van der Waals surface area contributed by atoms with E-state index in [1.54, 1.807) is 0 Å². The second-order valence-electron chi connectivity index (χ2n) is 3.56. The van der Waals surface area contributed by atoms with Gasteiger partial charge in [0.15, 0.2) is 0 Å². The molecular formula is C11H19N. The molecule has 0 radical (unpaired) electrons. The lowest BCUT2D eigenvalue weighted by molar-refractivity contribution is 0.443. The summed E-state index contributed by atoms with van der Waals surface area (Å²) in [6.45, 7) is 4.13. The van der Waals surface area contributed by atoms with E-state index in [4.69, 9.17) is 0 Å². The Bertz CT molecular complexity index is 173. The summed E-state index contributed by atoms with van der Waals surface area (Å²) in [7, 11) is 0. The van der Waals surface area contributed by atoms with E-state index in [0.717, 1.165) is 0 Å². The largest absolute Gasteiger partial charge is 0.287 e. The summed E-state index contributed by atoms with van der Waals surface area (Å²) < 4.78 is 0. The van der Waals surface area contributed by atoms with Gasteiger partial charge in [-0.3, -0.25) is 4.99 Å². The summed E-state index contributed by atoms with van der Waals surface area (Å²) in [6, 6.07) is 0.620. The van der Waals surface area contributed by atoms with Crippen molar-refractivity contribution < 1.29 is 0 Å². The molecule has 1 aliphatic rings. The fraction of sp³-hybridized carbons (Fsp3) is 0.727. The lowest BCUT2D eigenvalue weighted by Crippen LogP contribution is -2.10. The highest BCUT2D eigenvalue weighted by Crippen LogP contribution is 2.20. The highest BCUT2D eigenvalue weighted by molar-refractivity contribution is 5.92. The maximum absolute atomic E-state index is 4.66. The van der Waals surface area contributed by atoms with Crippen molar-refractivity contribution in [1.82, 2.24) is 0 Å². The topological polar surface area (TPSA) is 12.4 Å². The lowest BCUT2D eigenvalue weighted by Gasteiger charge is -2.17. The van der Waals surface area contributed by atoms with Gasteiger partial charge >= 0.3 is 0 Å². The standard InChI is InChI=1S/C11H19N/c1-3-7-10(2)12-11-8-5-4-6-9-11/h3,7,11H,4-6,8-9H2,1-2H3. The molecule has 0 aliphatic heterocycles. The summed E-state index contributed by atoms with van der Waals surface area (Å²) in [5.74, 6) is 0. The smallest absolute Gasteiger partial charge is 0.0502 e. The van der Waals surface area contributed by atoms with Crippen molar-refractivity contribution in [3.05, 3.63) is 12.2 Å². The molecule has 0 heterocycles. The van der Waals surface area contributed by atoms with Crippen LogP contribution in [-0.2, 0) is 0 Å². The summed E-state index contributed by atoms with van der Waals surface area (Å²) in [5, 5.41) is 0. The molecule has 0 bridgehead atoms. The van der Waals surface area contributed by atoms with Crippen LogP contribution in [0.2, 0.25) is 0 Å². The molecule has 0 N–H and O–H groups in total. The minimum absolute atomic E-state index is 0.620. The number of rotatable bonds is 2. The van der Waals surface area contributed by atoms with E-state index in [1.165, 1.54) is 37.8 Å². The monoisotopic (exact) mass is 165 g/mol. The van der Waals surface area contributed by atoms with Gasteiger partial charge in [0.05, 0.1) is 6.04 Å². The molecule has 0 amide bonds. The van der Waals surface area contributed by atoms with Gasteiger partial charge in [-0.05, 0) is 32.8 Å². The quantitative estimate of drug-likeness (QED) is 0.556. The summed E-state index contributed by atoms with van der Waals surface area (Å²) in [5.41, 5.74) is 1.18. The Morgan fingerprint density at radius 3 is 2.50 bits per heavy atom. The fourth-order valence-electron chi connectivity index (χ4n) is 1.78. The Labute approximate surface area is 75.6 Å². The number of nitrogens with zero attached hydrogens (tertiary/aromatic N) is 1. The second kappa shape index (κ2) is 5.13. The van der Waals surface area contributed by atoms with Gasteiger partial charge in [0.2, 0.25) is 0 Å². The minimum atomic E-state index is 0.620. The first kappa shape index (κ1) is 9.50. The first-order valence-corrected chi connectivity index (χ1v) is 5.00. The summed E-state index contributed by atoms with van der Waals surface area (Å²) in [6.07, 6.45) is 10.9. The number of aliphatic imine (C=N–C) groups is 1. The van der Waals surface area contributed by atoms with E-state index in [9.17, 15) is 0 Å². The van der Waals surface area contributed by atoms with Crippen LogP contribution in [0.5, 0.6) is 0 Å². The van der Waals surface area contributed by atoms with Crippen molar-refractivity contribution in [2.45, 2.75) is 52.0 Å². The van der Waals surface area contributed by atoms with Crippen molar-refractivity contribution in [2.24, 2.45) is 4.99 Å². The Balaban J connectivity index is 2.41. The molecule has 1 aliphatic carbocycles. The molecule has 1 fully saturated rings. The Morgan fingerprint density at radius 1 is 1.25 bits per heavy atom. The average Bonchev–Trinajstić information content (AvgIpc) is 2.06. The van der Waals surface area contributed by atoms with Gasteiger partial charge in [-0.25, -0.2) is 0 Å². The predicted molar refractivity (Wildman–Crippen MR) is 54.8 cm³/mol. The SMILES string of the molecule is CC=CC(C)=NC1CCCCC1. The predicted octanol–water partition coefficient (Wildman–Crippen LogP) is 3.36. The molecule has 1 rings (SSSR count). The Morgan fingerprint density at radius 2 is 1.92 bits per heavy atom. The molecule has 12 heavy (non-hydrogen) atoms. The maximum Gasteiger partial charge on any atom is 0.0502 e. The third-order valence-corrected chi connectivity index (χ3v) is 2.37. The third kappa shape index (κ3) is 3.21. The molecule has 0 unspecified atom stereocenters. The van der Waals surface area contributed by atoms with Gasteiger partial charge in [-0.1, -0.05) is 25.3 Å². The zero-order chi connectivity index (χ0) is 8.81. The molecule has 0 spiro atoms. The van der Waals surface area contributed by atoms with Crippen molar-refractivity contribution >= 4 is 5.71 Å². The molecule has 68 valence electrons. The maximum atomic E-state index is 4.66. The van der Waals surface area contributed by atoms with Crippen LogP contribution in [0.4, 0.5) is 0 Å². The molecule has 0 saturated heterocycles. The molecule has 0 aromatic rings. The molecule has 0 atom stereocenters. The normalized spacial score (nSPS) is 22.0. The van der Waals surface area contributed by atoms with E-state index < -0.39 is 0 Å². The van der Waals surface area contributed by atoms with Crippen LogP contribution in [0.3, 0.4) is 0 Å². The van der Waals surface area contributed by atoms with E-state index in [0.29, 0.717) is 6.04 Å². The van der Waals surface area contributed by atoms with E-state index in [-0.39, 0.29) is 0 Å². The third-order valence-electron chi connectivity index (χ3n) is 2.37. The second-order valence-corrected chi connectivity index (χ2v) is 3.56. The number of allylic oxidation sites excluding steroid dienone is 2. The van der Waals surface area contributed by atoms with Crippen LogP contribution < -0.4 is 0 Å². The van der Waals surface area contributed by atoms with Crippen molar-refractivity contribution in [2.75, 3.05) is 0 Å². The lowest BCUT2D eigenvalue weighted by atomic mass is 9.96. The van der Waals surface area contributed by atoms with Crippen molar-refractivity contribution in [3.8, 4) is 0 Å². The van der Waals surface area contributed by atoms with E-state index in [2.05, 4.69) is 24.1 Å². The molecule has 0 aromatic carbocycles. The molecule has 1 saturated carbocycles. The van der Waals surface area contributed by atoms with Crippen molar-refractivity contribution in [3.63, 3.8) is 0 Å². The van der Waals surface area contributed by atoms with Crippen LogP contribution in [0, 0.1) is 0 Å². The first-order chi connectivity index (χ1) is 5.83. The van der Waals surface area contributed by atoms with Gasteiger partial charge in [0.25, 0.3) is 0 Å². The molecule has 1 nitrogen and oxygen atoms in total. The van der Waals surface area contributed by atoms with Crippen LogP contribution in [0.15, 0.2) is 17.1 Å². The fourth-order valence-corrected chi connectivity index (χ4v) is 1.78. The summed E-state index contributed by atoms with van der Waals surface area (Å²) >= 11 is 0. The van der Waals surface area contributed by atoms with Gasteiger partial charge < -0.3 is 0 Å². The van der Waals surface area contributed by atoms with Gasteiger partial charge in [-0.15, -0.1) is 0 Å². The van der Waals surface area contributed by atoms with Crippen LogP contribution >= 0.6 is 0 Å². The van der Waals surface area contributed by atoms with Crippen LogP contribution in [0.1, 0.15) is 46.0 Å². The van der Waals surface area contributed by atoms with Crippen LogP contribution in [-0.4, -0.2) is 11.8 Å². The van der Waals surface area contributed by atoms with Crippen LogP contribution in [0.25, 0.3) is 0 Å². The highest BCUT2D eigenvalue weighted by Gasteiger charge is 2.10. The van der Waals surface area contributed by atoms with Gasteiger partial charge in [0.1, 0.15) is 0 Å².